The first-order valence-electron chi connectivity index (χ1n) is 13.6. The van der Waals surface area contributed by atoms with E-state index in [1.807, 2.05) is 26.8 Å². The van der Waals surface area contributed by atoms with Crippen LogP contribution in [0, 0.1) is 17.7 Å². The molecular weight excluding hydrogens is 574 g/mol. The average molecular weight is 608 g/mol. The molecule has 40 heavy (non-hydrogen) atoms. The quantitative estimate of drug-likeness (QED) is 0.242. The molecule has 0 aliphatic carbocycles. The highest BCUT2D eigenvalue weighted by atomic mass is 35.5. The molecule has 3 aromatic rings. The number of ether oxygens (including phenoxy) is 1. The zero-order valence-electron chi connectivity index (χ0n) is 22.9. The maximum absolute atomic E-state index is 15.0. The van der Waals surface area contributed by atoms with Gasteiger partial charge in [-0.25, -0.2) is 14.2 Å². The first-order valence-corrected chi connectivity index (χ1v) is 15.2. The van der Waals surface area contributed by atoms with Gasteiger partial charge in [-0.1, -0.05) is 40.6 Å². The third-order valence-electron chi connectivity index (χ3n) is 8.21. The molecule has 0 saturated carbocycles. The van der Waals surface area contributed by atoms with Gasteiger partial charge in [0.2, 0.25) is 0 Å². The van der Waals surface area contributed by atoms with E-state index in [1.165, 1.54) is 17.4 Å². The molecule has 4 atom stereocenters. The fourth-order valence-corrected chi connectivity index (χ4v) is 7.70. The lowest BCUT2D eigenvalue weighted by Gasteiger charge is -2.51. The largest absolute Gasteiger partial charge is 0.459 e. The van der Waals surface area contributed by atoms with E-state index in [9.17, 15) is 9.59 Å². The van der Waals surface area contributed by atoms with Gasteiger partial charge in [0, 0.05) is 35.2 Å². The minimum absolute atomic E-state index is 0.00504. The van der Waals surface area contributed by atoms with Crippen LogP contribution >= 0.6 is 34.5 Å². The van der Waals surface area contributed by atoms with Crippen LogP contribution in [0.3, 0.4) is 0 Å². The summed E-state index contributed by atoms with van der Waals surface area (Å²) in [6.07, 6.45) is 1.85. The van der Waals surface area contributed by atoms with Crippen molar-refractivity contribution >= 4 is 67.5 Å². The monoisotopic (exact) mass is 606 g/mol. The van der Waals surface area contributed by atoms with Crippen molar-refractivity contribution in [3.63, 3.8) is 0 Å². The molecule has 2 aliphatic heterocycles. The molecule has 2 aromatic carbocycles. The first-order chi connectivity index (χ1) is 19.1. The Bertz CT molecular complexity index is 1430. The van der Waals surface area contributed by atoms with Crippen molar-refractivity contribution in [1.82, 2.24) is 9.88 Å². The van der Waals surface area contributed by atoms with Gasteiger partial charge in [-0.2, -0.15) is 0 Å². The van der Waals surface area contributed by atoms with Gasteiger partial charge in [0.15, 0.2) is 5.13 Å². The second kappa shape index (κ2) is 11.7. The summed E-state index contributed by atoms with van der Waals surface area (Å²) in [5.41, 5.74) is 1.96. The van der Waals surface area contributed by atoms with Gasteiger partial charge in [0.1, 0.15) is 5.82 Å². The predicted octanol–water partition coefficient (Wildman–Crippen LogP) is 6.93. The van der Waals surface area contributed by atoms with E-state index in [1.54, 1.807) is 30.0 Å². The number of piperidine rings is 1. The average Bonchev–Trinajstić information content (AvgIpc) is 3.30. The van der Waals surface area contributed by atoms with Crippen molar-refractivity contribution in [2.45, 2.75) is 58.7 Å². The molecule has 2 fully saturated rings. The summed E-state index contributed by atoms with van der Waals surface area (Å²) in [7, 11) is 0. The number of fused-ring (bicyclic) bond motifs is 1. The van der Waals surface area contributed by atoms with Gasteiger partial charge in [-0.3, -0.25) is 4.79 Å². The third kappa shape index (κ3) is 5.48. The van der Waals surface area contributed by atoms with Crippen LogP contribution in [0.4, 0.5) is 15.2 Å². The van der Waals surface area contributed by atoms with Crippen LogP contribution in [0.1, 0.15) is 52.1 Å². The van der Waals surface area contributed by atoms with E-state index >= 15 is 4.39 Å². The van der Waals surface area contributed by atoms with Crippen LogP contribution in [0.5, 0.6) is 0 Å². The zero-order valence-corrected chi connectivity index (χ0v) is 25.2. The van der Waals surface area contributed by atoms with Crippen molar-refractivity contribution in [2.75, 3.05) is 29.9 Å². The van der Waals surface area contributed by atoms with Crippen molar-refractivity contribution < 1.29 is 18.7 Å². The van der Waals surface area contributed by atoms with E-state index in [4.69, 9.17) is 32.9 Å². The number of esters is 1. The Kier molecular flexibility index (Phi) is 8.45. The second-order valence-electron chi connectivity index (χ2n) is 10.7. The molecule has 0 spiro atoms. The van der Waals surface area contributed by atoms with Crippen molar-refractivity contribution in [3.05, 3.63) is 51.8 Å². The molecule has 1 N–H and O–H groups in total. The maximum atomic E-state index is 15.0. The predicted molar refractivity (Wildman–Crippen MR) is 159 cm³/mol. The Labute approximate surface area is 247 Å². The molecule has 214 valence electrons. The number of carbonyl (C=O) groups is 2. The van der Waals surface area contributed by atoms with Crippen LogP contribution < -0.4 is 10.2 Å². The summed E-state index contributed by atoms with van der Waals surface area (Å²) >= 11 is 13.9. The number of rotatable bonds is 6. The normalized spacial score (nSPS) is 22.2. The van der Waals surface area contributed by atoms with Gasteiger partial charge in [-0.05, 0) is 82.2 Å². The molecule has 1 aromatic heterocycles. The SMILES string of the molecule is CCOC(=O)C(=O)N1C(C)CCC(C2CN(c3nc4ccc(F)c(N[C@H](C)c5ccc(Cl)cc5Cl)c4s3)C2)C1C. The molecule has 5 rings (SSSR count). The van der Waals surface area contributed by atoms with Gasteiger partial charge in [0.25, 0.3) is 0 Å². The van der Waals surface area contributed by atoms with Gasteiger partial charge >= 0.3 is 11.9 Å². The number of amides is 1. The van der Waals surface area contributed by atoms with Crippen molar-refractivity contribution in [2.24, 2.45) is 11.8 Å². The van der Waals surface area contributed by atoms with E-state index in [0.717, 1.165) is 46.8 Å². The Morgan fingerprint density at radius 1 is 1.20 bits per heavy atom. The first kappa shape index (κ1) is 28.9. The van der Waals surface area contributed by atoms with Gasteiger partial charge in [-0.15, -0.1) is 0 Å². The fourth-order valence-electron chi connectivity index (χ4n) is 6.05. The molecule has 0 radical (unpaired) electrons. The van der Waals surface area contributed by atoms with Crippen LogP contribution in [-0.4, -0.2) is 53.5 Å². The fraction of sp³-hybridized carbons (Fsp3) is 0.483. The number of anilines is 2. The second-order valence-corrected chi connectivity index (χ2v) is 12.5. The van der Waals surface area contributed by atoms with E-state index in [-0.39, 0.29) is 36.5 Å². The molecule has 2 saturated heterocycles. The lowest BCUT2D eigenvalue weighted by molar-refractivity contribution is -0.164. The number of carbonyl (C=O) groups excluding carboxylic acids is 2. The van der Waals surface area contributed by atoms with Gasteiger partial charge in [0.05, 0.1) is 28.6 Å². The number of thiazole rings is 1. The van der Waals surface area contributed by atoms with E-state index < -0.39 is 11.9 Å². The molecule has 0 bridgehead atoms. The number of nitrogens with zero attached hydrogens (tertiary/aromatic N) is 3. The summed E-state index contributed by atoms with van der Waals surface area (Å²) in [5.74, 6) is -1.04. The Morgan fingerprint density at radius 2 is 1.95 bits per heavy atom. The lowest BCUT2D eigenvalue weighted by Crippen LogP contribution is -2.60. The molecule has 3 heterocycles. The number of benzene rings is 2. The Morgan fingerprint density at radius 3 is 2.65 bits per heavy atom. The molecular formula is C29H33Cl2FN4O3S. The number of likely N-dealkylation sites (tertiary alicyclic amines) is 1. The highest BCUT2D eigenvalue weighted by Crippen LogP contribution is 2.43. The summed E-state index contributed by atoms with van der Waals surface area (Å²) in [6.45, 7) is 9.43. The van der Waals surface area contributed by atoms with Gasteiger partial charge < -0.3 is 19.9 Å². The standard InChI is InChI=1S/C29H33Cl2FN4O3S/c1-5-39-28(38)27(37)36-15(2)6-8-21(17(36)4)18-13-35(14-18)29-34-24-11-10-23(32)25(26(24)40-29)33-16(3)20-9-7-19(30)12-22(20)31/h7,9-12,15-18,21,33H,5-6,8,13-14H2,1-4H3/t15?,16-,17?,21?/m1/s1. The Balaban J connectivity index is 1.30. The topological polar surface area (TPSA) is 74.8 Å². The maximum Gasteiger partial charge on any atom is 0.397 e. The summed E-state index contributed by atoms with van der Waals surface area (Å²) < 4.78 is 20.8. The number of aromatic nitrogens is 1. The van der Waals surface area contributed by atoms with Crippen LogP contribution in [0.2, 0.25) is 10.0 Å². The summed E-state index contributed by atoms with van der Waals surface area (Å²) in [4.78, 5) is 33.7. The van der Waals surface area contributed by atoms with E-state index in [2.05, 4.69) is 10.2 Å². The van der Waals surface area contributed by atoms with Crippen molar-refractivity contribution in [1.29, 1.82) is 0 Å². The van der Waals surface area contributed by atoms with Crippen LogP contribution in [0.15, 0.2) is 30.3 Å². The summed E-state index contributed by atoms with van der Waals surface area (Å²) in [5, 5.41) is 5.20. The summed E-state index contributed by atoms with van der Waals surface area (Å²) in [6, 6.07) is 8.11. The molecule has 11 heteroatoms. The van der Waals surface area contributed by atoms with Crippen LogP contribution in [0.25, 0.3) is 10.2 Å². The van der Waals surface area contributed by atoms with E-state index in [0.29, 0.717) is 21.7 Å². The number of halogens is 3. The van der Waals surface area contributed by atoms with Crippen LogP contribution in [-0.2, 0) is 14.3 Å². The molecule has 3 unspecified atom stereocenters. The van der Waals surface area contributed by atoms with Crippen molar-refractivity contribution in [3.8, 4) is 0 Å². The highest BCUT2D eigenvalue weighted by Gasteiger charge is 2.45. The lowest BCUT2D eigenvalue weighted by atomic mass is 9.74. The Hall–Kier alpha value is -2.62. The molecule has 2 aliphatic rings. The number of nitrogens with one attached hydrogen (secondary N) is 1. The minimum Gasteiger partial charge on any atom is -0.459 e. The third-order valence-corrected chi connectivity index (χ3v) is 9.92. The highest BCUT2D eigenvalue weighted by molar-refractivity contribution is 7.22. The number of hydrogen-bond donors (Lipinski definition) is 1. The smallest absolute Gasteiger partial charge is 0.397 e. The molecule has 7 nitrogen and oxygen atoms in total. The minimum atomic E-state index is -0.782. The molecule has 1 amide bonds. The zero-order chi connectivity index (χ0) is 28.7. The number of hydrogen-bond acceptors (Lipinski definition) is 7.